The number of furan rings is 1. The third-order valence-electron chi connectivity index (χ3n) is 2.25. The van der Waals surface area contributed by atoms with Gasteiger partial charge in [-0.05, 0) is 6.07 Å². The van der Waals surface area contributed by atoms with Crippen molar-refractivity contribution >= 4 is 11.6 Å². The van der Waals surface area contributed by atoms with Gasteiger partial charge in [0.2, 0.25) is 0 Å². The molecule has 0 aliphatic rings. The summed E-state index contributed by atoms with van der Waals surface area (Å²) in [6, 6.07) is 3.60. The first-order valence-corrected chi connectivity index (χ1v) is 5.40. The molecule has 4 N–H and O–H groups in total. The highest BCUT2D eigenvalue weighted by Crippen LogP contribution is 2.12. The van der Waals surface area contributed by atoms with Crippen molar-refractivity contribution in [2.75, 3.05) is 17.9 Å². The van der Waals surface area contributed by atoms with Gasteiger partial charge in [-0.2, -0.15) is 0 Å². The summed E-state index contributed by atoms with van der Waals surface area (Å²) < 4.78 is 9.98. The van der Waals surface area contributed by atoms with Crippen molar-refractivity contribution in [3.63, 3.8) is 0 Å². The number of methoxy groups -OCH3 is 1. The molecular weight excluding hydrogens is 234 g/mol. The van der Waals surface area contributed by atoms with E-state index in [-0.39, 0.29) is 0 Å². The van der Waals surface area contributed by atoms with Gasteiger partial charge < -0.3 is 19.9 Å². The van der Waals surface area contributed by atoms with E-state index in [0.717, 1.165) is 5.56 Å². The molecule has 2 rings (SSSR count). The van der Waals surface area contributed by atoms with Gasteiger partial charge in [-0.15, -0.1) is 0 Å². The van der Waals surface area contributed by atoms with Crippen LogP contribution in [0.2, 0.25) is 0 Å². The zero-order valence-electron chi connectivity index (χ0n) is 10.0. The number of nitrogens with one attached hydrogen (secondary N) is 2. The molecule has 2 heterocycles. The van der Waals surface area contributed by atoms with E-state index >= 15 is 0 Å². The molecule has 0 radical (unpaired) electrons. The van der Waals surface area contributed by atoms with Crippen molar-refractivity contribution in [1.82, 2.24) is 9.97 Å². The smallest absolute Gasteiger partial charge is 0.158 e. The van der Waals surface area contributed by atoms with Crippen molar-refractivity contribution in [2.45, 2.75) is 13.2 Å². The maximum Gasteiger partial charge on any atom is 0.158 e. The minimum atomic E-state index is 0.329. The second-order valence-electron chi connectivity index (χ2n) is 3.62. The largest absolute Gasteiger partial charge is 0.472 e. The summed E-state index contributed by atoms with van der Waals surface area (Å²) in [6.45, 7) is 0.944. The Hall–Kier alpha value is -2.12. The molecule has 0 bridgehead atoms. The lowest BCUT2D eigenvalue weighted by Crippen LogP contribution is -2.12. The minimum absolute atomic E-state index is 0.329. The summed E-state index contributed by atoms with van der Waals surface area (Å²) in [6.07, 6.45) is 3.30. The van der Waals surface area contributed by atoms with Crippen LogP contribution in [-0.2, 0) is 17.9 Å². The Bertz CT molecular complexity index is 486. The lowest BCUT2D eigenvalue weighted by molar-refractivity contribution is 0.178. The fourth-order valence-electron chi connectivity index (χ4n) is 1.44. The van der Waals surface area contributed by atoms with E-state index in [1.165, 1.54) is 0 Å². The average Bonchev–Trinajstić information content (AvgIpc) is 2.89. The van der Waals surface area contributed by atoms with Gasteiger partial charge in [0.1, 0.15) is 18.2 Å². The van der Waals surface area contributed by atoms with E-state index < -0.39 is 0 Å². The Morgan fingerprint density at radius 3 is 2.89 bits per heavy atom. The lowest BCUT2D eigenvalue weighted by Gasteiger charge is -2.08. The summed E-state index contributed by atoms with van der Waals surface area (Å²) >= 11 is 0. The topological polar surface area (TPSA) is 98.2 Å². The Kier molecular flexibility index (Phi) is 4.11. The highest BCUT2D eigenvalue weighted by Gasteiger charge is 2.04. The van der Waals surface area contributed by atoms with Crippen molar-refractivity contribution in [2.24, 2.45) is 5.84 Å². The first-order chi connectivity index (χ1) is 8.81. The minimum Gasteiger partial charge on any atom is -0.472 e. The highest BCUT2D eigenvalue weighted by atomic mass is 16.5. The molecular formula is C11H15N5O2. The van der Waals surface area contributed by atoms with Crippen LogP contribution in [-0.4, -0.2) is 17.1 Å². The second-order valence-corrected chi connectivity index (χ2v) is 3.62. The van der Waals surface area contributed by atoms with Crippen LogP contribution in [0.15, 0.2) is 29.1 Å². The molecule has 0 aliphatic carbocycles. The fraction of sp³-hybridized carbons (Fsp3) is 0.273. The van der Waals surface area contributed by atoms with Gasteiger partial charge in [0, 0.05) is 25.3 Å². The van der Waals surface area contributed by atoms with Crippen LogP contribution >= 0.6 is 0 Å². The van der Waals surface area contributed by atoms with Crippen LogP contribution in [0.3, 0.4) is 0 Å². The average molecular weight is 249 g/mol. The Labute approximate surface area is 104 Å². The Morgan fingerprint density at radius 2 is 2.22 bits per heavy atom. The van der Waals surface area contributed by atoms with Gasteiger partial charge in [-0.1, -0.05) is 0 Å². The van der Waals surface area contributed by atoms with Gasteiger partial charge in [0.05, 0.1) is 12.5 Å². The van der Waals surface area contributed by atoms with Crippen LogP contribution in [0.4, 0.5) is 11.6 Å². The monoisotopic (exact) mass is 249 g/mol. The molecule has 18 heavy (non-hydrogen) atoms. The standard InChI is InChI=1S/C11H15N5O2/c1-17-7-11-14-9(4-10(15-11)16-12)13-5-8-2-3-18-6-8/h2-4,6H,5,7,12H2,1H3,(H2,13,14,15,16). The quantitative estimate of drug-likeness (QED) is 0.521. The van der Waals surface area contributed by atoms with Crippen LogP contribution in [0.25, 0.3) is 0 Å². The zero-order chi connectivity index (χ0) is 12.8. The molecule has 2 aromatic rings. The summed E-state index contributed by atoms with van der Waals surface area (Å²) in [4.78, 5) is 8.45. The number of anilines is 2. The van der Waals surface area contributed by atoms with Crippen molar-refractivity contribution in [3.8, 4) is 0 Å². The number of nitrogen functional groups attached to an aromatic ring is 1. The van der Waals surface area contributed by atoms with Crippen LogP contribution in [0.5, 0.6) is 0 Å². The number of hydrogen-bond donors (Lipinski definition) is 3. The van der Waals surface area contributed by atoms with Gasteiger partial charge in [0.15, 0.2) is 5.82 Å². The van der Waals surface area contributed by atoms with E-state index in [4.69, 9.17) is 15.0 Å². The molecule has 0 aromatic carbocycles. The van der Waals surface area contributed by atoms with Gasteiger partial charge in [-0.25, -0.2) is 15.8 Å². The molecule has 2 aromatic heterocycles. The van der Waals surface area contributed by atoms with Gasteiger partial charge in [-0.3, -0.25) is 0 Å². The first kappa shape index (κ1) is 12.3. The summed E-state index contributed by atoms with van der Waals surface area (Å²) in [7, 11) is 1.59. The summed E-state index contributed by atoms with van der Waals surface area (Å²) in [5.41, 5.74) is 3.53. The summed E-state index contributed by atoms with van der Waals surface area (Å²) in [5, 5.41) is 3.16. The number of aromatic nitrogens is 2. The van der Waals surface area contributed by atoms with E-state index in [1.54, 1.807) is 25.7 Å². The van der Waals surface area contributed by atoms with E-state index in [9.17, 15) is 0 Å². The molecule has 7 heteroatoms. The molecule has 0 atom stereocenters. The van der Waals surface area contributed by atoms with Crippen molar-refractivity contribution in [3.05, 3.63) is 36.0 Å². The SMILES string of the molecule is COCc1nc(NN)cc(NCc2ccoc2)n1. The Balaban J connectivity index is 2.08. The molecule has 0 aliphatic heterocycles. The Morgan fingerprint density at radius 1 is 1.39 bits per heavy atom. The second kappa shape index (κ2) is 5.99. The predicted molar refractivity (Wildman–Crippen MR) is 66.6 cm³/mol. The van der Waals surface area contributed by atoms with Gasteiger partial charge >= 0.3 is 0 Å². The van der Waals surface area contributed by atoms with E-state index in [1.807, 2.05) is 6.07 Å². The third-order valence-corrected chi connectivity index (χ3v) is 2.25. The molecule has 96 valence electrons. The lowest BCUT2D eigenvalue weighted by atomic mass is 10.3. The molecule has 0 saturated carbocycles. The number of hydrogen-bond acceptors (Lipinski definition) is 7. The highest BCUT2D eigenvalue weighted by molar-refractivity contribution is 5.47. The molecule has 0 spiro atoms. The van der Waals surface area contributed by atoms with Crippen molar-refractivity contribution < 1.29 is 9.15 Å². The molecule has 7 nitrogen and oxygen atoms in total. The number of ether oxygens (including phenoxy) is 1. The number of hydrazine groups is 1. The van der Waals surface area contributed by atoms with Crippen LogP contribution in [0.1, 0.15) is 11.4 Å². The van der Waals surface area contributed by atoms with E-state index in [2.05, 4.69) is 20.7 Å². The maximum atomic E-state index is 5.35. The zero-order valence-corrected chi connectivity index (χ0v) is 10.0. The molecule has 0 unspecified atom stereocenters. The molecule has 0 amide bonds. The summed E-state index contributed by atoms with van der Waals surface area (Å²) in [5.74, 6) is 7.12. The maximum absolute atomic E-state index is 5.35. The molecule has 0 saturated heterocycles. The van der Waals surface area contributed by atoms with Crippen LogP contribution in [0, 0.1) is 0 Å². The van der Waals surface area contributed by atoms with Crippen molar-refractivity contribution in [1.29, 1.82) is 0 Å². The number of nitrogens with zero attached hydrogens (tertiary/aromatic N) is 2. The number of nitrogens with two attached hydrogens (primary N) is 1. The molecule has 0 fully saturated rings. The normalized spacial score (nSPS) is 10.3. The number of rotatable bonds is 6. The first-order valence-electron chi connectivity index (χ1n) is 5.40. The van der Waals surface area contributed by atoms with Gasteiger partial charge in [0.25, 0.3) is 0 Å². The third kappa shape index (κ3) is 3.19. The fourth-order valence-corrected chi connectivity index (χ4v) is 1.44. The van der Waals surface area contributed by atoms with Crippen LogP contribution < -0.4 is 16.6 Å². The predicted octanol–water partition coefficient (Wildman–Crippen LogP) is 1.11. The van der Waals surface area contributed by atoms with E-state index in [0.29, 0.717) is 30.6 Å².